The molecule has 1 unspecified atom stereocenters. The van der Waals surface area contributed by atoms with Crippen molar-refractivity contribution in [2.75, 3.05) is 20.2 Å². The molecule has 6 heteroatoms. The predicted octanol–water partition coefficient (Wildman–Crippen LogP) is 3.13. The van der Waals surface area contributed by atoms with Gasteiger partial charge in [-0.1, -0.05) is 0 Å². The van der Waals surface area contributed by atoms with Crippen molar-refractivity contribution in [2.24, 2.45) is 0 Å². The normalized spacial score (nSPS) is 21.8. The molecule has 0 aliphatic carbocycles. The summed E-state index contributed by atoms with van der Waals surface area (Å²) in [5, 5.41) is 0. The molecule has 144 valence electrons. The fourth-order valence-corrected chi connectivity index (χ4v) is 4.31. The number of benzene rings is 1. The van der Waals surface area contributed by atoms with E-state index in [1.165, 1.54) is 5.56 Å². The van der Waals surface area contributed by atoms with Crippen LogP contribution >= 0.6 is 0 Å². The lowest BCUT2D eigenvalue weighted by atomic mass is 10.0. The molecule has 2 aromatic heterocycles. The zero-order valence-corrected chi connectivity index (χ0v) is 16.0. The second kappa shape index (κ2) is 7.04. The molecule has 1 saturated heterocycles. The number of imidazole rings is 1. The fourth-order valence-electron chi connectivity index (χ4n) is 4.31. The number of aromatic nitrogens is 3. The Bertz CT molecular complexity index is 954. The highest BCUT2D eigenvalue weighted by molar-refractivity contribution is 5.60. The van der Waals surface area contributed by atoms with Crippen LogP contribution in [0.4, 0.5) is 0 Å². The van der Waals surface area contributed by atoms with Crippen LogP contribution < -0.4 is 4.74 Å². The van der Waals surface area contributed by atoms with Crippen LogP contribution in [-0.4, -0.2) is 45.2 Å². The van der Waals surface area contributed by atoms with Crippen molar-refractivity contribution in [3.8, 4) is 17.0 Å². The molecule has 3 aromatic rings. The van der Waals surface area contributed by atoms with Crippen LogP contribution in [0.1, 0.15) is 17.8 Å². The van der Waals surface area contributed by atoms with E-state index in [-0.39, 0.29) is 5.60 Å². The number of ether oxygens (including phenoxy) is 2. The van der Waals surface area contributed by atoms with Crippen molar-refractivity contribution in [2.45, 2.75) is 31.7 Å². The molecule has 0 radical (unpaired) electrons. The maximum atomic E-state index is 6.35. The van der Waals surface area contributed by atoms with E-state index in [1.807, 2.05) is 30.7 Å². The van der Waals surface area contributed by atoms with Crippen molar-refractivity contribution >= 4 is 0 Å². The van der Waals surface area contributed by atoms with Gasteiger partial charge in [0.1, 0.15) is 23.8 Å². The van der Waals surface area contributed by atoms with Gasteiger partial charge in [0.05, 0.1) is 25.5 Å². The minimum absolute atomic E-state index is 0.137. The molecule has 5 rings (SSSR count). The summed E-state index contributed by atoms with van der Waals surface area (Å²) < 4.78 is 14.0. The summed E-state index contributed by atoms with van der Waals surface area (Å²) in [6.45, 7) is 4.34. The highest BCUT2D eigenvalue weighted by atomic mass is 16.5. The molecule has 0 N–H and O–H groups in total. The van der Waals surface area contributed by atoms with Gasteiger partial charge in [-0.3, -0.25) is 9.88 Å². The van der Waals surface area contributed by atoms with Gasteiger partial charge in [0.15, 0.2) is 0 Å². The summed E-state index contributed by atoms with van der Waals surface area (Å²) in [6, 6.07) is 12.4. The summed E-state index contributed by atoms with van der Waals surface area (Å²) in [5.74, 6) is 1.87. The largest absolute Gasteiger partial charge is 0.497 e. The molecular weight excluding hydrogens is 352 g/mol. The van der Waals surface area contributed by atoms with Gasteiger partial charge in [-0.15, -0.1) is 0 Å². The number of hydrogen-bond acceptors (Lipinski definition) is 5. The Morgan fingerprint density at radius 1 is 1.11 bits per heavy atom. The maximum absolute atomic E-state index is 6.35. The lowest BCUT2D eigenvalue weighted by Crippen LogP contribution is -2.44. The van der Waals surface area contributed by atoms with Crippen LogP contribution in [-0.2, 0) is 24.4 Å². The van der Waals surface area contributed by atoms with Gasteiger partial charge in [0, 0.05) is 37.6 Å². The number of likely N-dealkylation sites (tertiary alicyclic amines) is 1. The molecule has 4 heterocycles. The third kappa shape index (κ3) is 3.19. The van der Waals surface area contributed by atoms with E-state index in [0.29, 0.717) is 6.61 Å². The highest BCUT2D eigenvalue weighted by Crippen LogP contribution is 2.35. The molecule has 1 aromatic carbocycles. The van der Waals surface area contributed by atoms with Gasteiger partial charge >= 0.3 is 0 Å². The van der Waals surface area contributed by atoms with Crippen molar-refractivity contribution in [1.82, 2.24) is 19.4 Å². The predicted molar refractivity (Wildman–Crippen MR) is 106 cm³/mol. The van der Waals surface area contributed by atoms with Crippen molar-refractivity contribution in [3.05, 3.63) is 66.4 Å². The van der Waals surface area contributed by atoms with Crippen molar-refractivity contribution < 1.29 is 9.47 Å². The molecule has 6 nitrogen and oxygen atoms in total. The van der Waals surface area contributed by atoms with E-state index < -0.39 is 0 Å². The Morgan fingerprint density at radius 2 is 1.93 bits per heavy atom. The smallest absolute Gasteiger partial charge is 0.135 e. The molecule has 1 fully saturated rings. The minimum Gasteiger partial charge on any atom is -0.497 e. The first-order valence-corrected chi connectivity index (χ1v) is 9.69. The Morgan fingerprint density at radius 3 is 2.71 bits per heavy atom. The first-order valence-electron chi connectivity index (χ1n) is 9.69. The number of nitrogens with zero attached hydrogens (tertiary/aromatic N) is 4. The Kier molecular flexibility index (Phi) is 4.37. The molecule has 28 heavy (non-hydrogen) atoms. The van der Waals surface area contributed by atoms with Crippen molar-refractivity contribution in [3.63, 3.8) is 0 Å². The number of methoxy groups -OCH3 is 1. The summed E-state index contributed by atoms with van der Waals surface area (Å²) in [6.07, 6.45) is 6.72. The van der Waals surface area contributed by atoms with Gasteiger partial charge in [0.2, 0.25) is 0 Å². The summed E-state index contributed by atoms with van der Waals surface area (Å²) in [7, 11) is 1.69. The number of hydrogen-bond donors (Lipinski definition) is 0. The minimum atomic E-state index is -0.137. The summed E-state index contributed by atoms with van der Waals surface area (Å²) >= 11 is 0. The zero-order chi connectivity index (χ0) is 19.0. The summed E-state index contributed by atoms with van der Waals surface area (Å²) in [4.78, 5) is 11.2. The standard InChI is InChI=1S/C22H24N4O2/c1-27-19-4-2-18(3-5-19)20-12-24-21-14-28-22(16-26(20)21)8-11-25(15-22)13-17-6-9-23-10-7-17/h2-7,9-10,12H,8,11,13-16H2,1H3. The van der Waals surface area contributed by atoms with Crippen LogP contribution in [0.2, 0.25) is 0 Å². The number of rotatable bonds is 4. The highest BCUT2D eigenvalue weighted by Gasteiger charge is 2.43. The van der Waals surface area contributed by atoms with Crippen LogP contribution in [0, 0.1) is 0 Å². The van der Waals surface area contributed by atoms with E-state index in [1.54, 1.807) is 7.11 Å². The monoisotopic (exact) mass is 376 g/mol. The Labute approximate surface area is 164 Å². The first kappa shape index (κ1) is 17.4. The fraction of sp³-hybridized carbons (Fsp3) is 0.364. The second-order valence-corrected chi connectivity index (χ2v) is 7.66. The average molecular weight is 376 g/mol. The van der Waals surface area contributed by atoms with Crippen LogP contribution in [0.5, 0.6) is 5.75 Å². The van der Waals surface area contributed by atoms with E-state index in [4.69, 9.17) is 9.47 Å². The molecule has 2 aliphatic heterocycles. The SMILES string of the molecule is COc1ccc(-c2cnc3n2CC2(CCN(Cc4ccncc4)C2)OC3)cc1. The molecule has 0 bridgehead atoms. The van der Waals surface area contributed by atoms with Crippen LogP contribution in [0.15, 0.2) is 55.0 Å². The third-order valence-corrected chi connectivity index (χ3v) is 5.83. The Balaban J connectivity index is 1.35. The Hall–Kier alpha value is -2.70. The van der Waals surface area contributed by atoms with Crippen LogP contribution in [0.25, 0.3) is 11.3 Å². The van der Waals surface area contributed by atoms with Gasteiger partial charge in [-0.2, -0.15) is 0 Å². The van der Waals surface area contributed by atoms with E-state index >= 15 is 0 Å². The zero-order valence-electron chi connectivity index (χ0n) is 16.0. The second-order valence-electron chi connectivity index (χ2n) is 7.66. The lowest BCUT2D eigenvalue weighted by Gasteiger charge is -2.35. The molecule has 0 saturated carbocycles. The lowest BCUT2D eigenvalue weighted by molar-refractivity contribution is -0.0821. The van der Waals surface area contributed by atoms with Gasteiger partial charge in [-0.05, 0) is 48.4 Å². The molecule has 2 aliphatic rings. The van der Waals surface area contributed by atoms with E-state index in [2.05, 4.69) is 43.7 Å². The number of pyridine rings is 1. The van der Waals surface area contributed by atoms with E-state index in [0.717, 1.165) is 55.4 Å². The van der Waals surface area contributed by atoms with Crippen LogP contribution in [0.3, 0.4) is 0 Å². The first-order chi connectivity index (χ1) is 13.7. The maximum Gasteiger partial charge on any atom is 0.135 e. The number of fused-ring (bicyclic) bond motifs is 1. The molecule has 1 atom stereocenters. The topological polar surface area (TPSA) is 52.4 Å². The van der Waals surface area contributed by atoms with Crippen molar-refractivity contribution in [1.29, 1.82) is 0 Å². The average Bonchev–Trinajstić information content (AvgIpc) is 3.33. The molecule has 0 amide bonds. The van der Waals surface area contributed by atoms with Gasteiger partial charge < -0.3 is 14.0 Å². The van der Waals surface area contributed by atoms with Gasteiger partial charge in [0.25, 0.3) is 0 Å². The van der Waals surface area contributed by atoms with E-state index in [9.17, 15) is 0 Å². The summed E-state index contributed by atoms with van der Waals surface area (Å²) in [5.41, 5.74) is 3.46. The third-order valence-electron chi connectivity index (χ3n) is 5.83. The molecule has 1 spiro atoms. The van der Waals surface area contributed by atoms with Gasteiger partial charge in [-0.25, -0.2) is 4.98 Å². The molecular formula is C22H24N4O2. The quantitative estimate of drug-likeness (QED) is 0.700.